The maximum Gasteiger partial charge on any atom is 0.264 e. The van der Waals surface area contributed by atoms with Gasteiger partial charge in [0.15, 0.2) is 11.5 Å². The molecule has 0 fully saturated rings. The number of anilines is 1. The maximum atomic E-state index is 14.6. The Labute approximate surface area is 275 Å². The summed E-state index contributed by atoms with van der Waals surface area (Å²) in [5.74, 6) is -0.626. The lowest BCUT2D eigenvalue weighted by Crippen LogP contribution is -2.54. The summed E-state index contributed by atoms with van der Waals surface area (Å²) in [5.41, 5.74) is 1.58. The molecule has 0 spiro atoms. The number of carbonyl (C=O) groups is 2. The molecule has 246 valence electrons. The number of carbonyl (C=O) groups excluding carboxylic acids is 2. The molecule has 0 radical (unpaired) electrons. The quantitative estimate of drug-likeness (QED) is 0.208. The Morgan fingerprint density at radius 3 is 2.15 bits per heavy atom. The third-order valence-corrected chi connectivity index (χ3v) is 9.75. The average molecular weight is 660 g/mol. The first-order chi connectivity index (χ1) is 22.7. The zero-order valence-corrected chi connectivity index (χ0v) is 27.2. The summed E-state index contributed by atoms with van der Waals surface area (Å²) in [6, 6.07) is 26.3. The lowest BCUT2D eigenvalue weighted by Gasteiger charge is -2.34. The van der Waals surface area contributed by atoms with Crippen molar-refractivity contribution in [1.82, 2.24) is 10.2 Å². The molecule has 2 amide bonds. The molecule has 5 rings (SSSR count). The fourth-order valence-electron chi connectivity index (χ4n) is 5.22. The topological polar surface area (TPSA) is 105 Å². The number of halogens is 1. The summed E-state index contributed by atoms with van der Waals surface area (Å²) in [7, 11) is -4.28. The molecule has 2 atom stereocenters. The standard InChI is InChI=1S/C36H38FN3O6S/c1-3-26(2)38-36(42)32(22-27-10-6-4-7-11-27)39(24-28-14-16-29(37)17-15-28)35(41)25-40(47(43,44)31-12-8-5-9-13-31)30-18-19-33-34(23-30)46-21-20-45-33/h4-19,23,26,32H,3,20-22,24-25H2,1-2H3,(H,38,42). The second-order valence-corrected chi connectivity index (χ2v) is 13.2. The predicted molar refractivity (Wildman–Crippen MR) is 177 cm³/mol. The van der Waals surface area contributed by atoms with Gasteiger partial charge in [-0.15, -0.1) is 0 Å². The van der Waals surface area contributed by atoms with Crippen LogP contribution < -0.4 is 19.1 Å². The number of sulfonamides is 1. The Morgan fingerprint density at radius 1 is 0.851 bits per heavy atom. The molecule has 0 aliphatic carbocycles. The van der Waals surface area contributed by atoms with Crippen molar-refractivity contribution >= 4 is 27.5 Å². The minimum atomic E-state index is -4.28. The summed E-state index contributed by atoms with van der Waals surface area (Å²) in [4.78, 5) is 29.8. The van der Waals surface area contributed by atoms with Crippen LogP contribution in [-0.4, -0.2) is 57.0 Å². The summed E-state index contributed by atoms with van der Waals surface area (Å²) in [6.07, 6.45) is 0.842. The highest BCUT2D eigenvalue weighted by molar-refractivity contribution is 7.92. The molecular weight excluding hydrogens is 621 g/mol. The third-order valence-electron chi connectivity index (χ3n) is 7.96. The van der Waals surface area contributed by atoms with Gasteiger partial charge in [0, 0.05) is 25.1 Å². The number of rotatable bonds is 13. The monoisotopic (exact) mass is 659 g/mol. The molecule has 0 bridgehead atoms. The Bertz CT molecular complexity index is 1770. The van der Waals surface area contributed by atoms with Crippen LogP contribution in [0.1, 0.15) is 31.4 Å². The molecule has 9 nitrogen and oxygen atoms in total. The van der Waals surface area contributed by atoms with Gasteiger partial charge in [-0.05, 0) is 60.9 Å². The van der Waals surface area contributed by atoms with Crippen molar-refractivity contribution in [1.29, 1.82) is 0 Å². The summed E-state index contributed by atoms with van der Waals surface area (Å²) >= 11 is 0. The normalized spacial score (nSPS) is 13.7. The van der Waals surface area contributed by atoms with E-state index in [1.54, 1.807) is 42.5 Å². The fraction of sp³-hybridized carbons (Fsp3) is 0.278. The van der Waals surface area contributed by atoms with Gasteiger partial charge in [0.05, 0.1) is 10.6 Å². The van der Waals surface area contributed by atoms with E-state index in [9.17, 15) is 22.4 Å². The third kappa shape index (κ3) is 8.28. The van der Waals surface area contributed by atoms with Crippen molar-refractivity contribution in [3.05, 3.63) is 120 Å². The molecule has 4 aromatic carbocycles. The average Bonchev–Trinajstić information content (AvgIpc) is 3.09. The van der Waals surface area contributed by atoms with Gasteiger partial charge in [-0.1, -0.05) is 67.6 Å². The summed E-state index contributed by atoms with van der Waals surface area (Å²) in [6.45, 7) is 3.78. The predicted octanol–water partition coefficient (Wildman–Crippen LogP) is 5.35. The van der Waals surface area contributed by atoms with Crippen molar-refractivity contribution in [2.75, 3.05) is 24.1 Å². The van der Waals surface area contributed by atoms with Gasteiger partial charge in [-0.25, -0.2) is 12.8 Å². The highest BCUT2D eigenvalue weighted by Crippen LogP contribution is 2.36. The summed E-state index contributed by atoms with van der Waals surface area (Å²) in [5, 5.41) is 3.00. The molecule has 1 aliphatic heterocycles. The van der Waals surface area contributed by atoms with Gasteiger partial charge < -0.3 is 19.7 Å². The van der Waals surface area contributed by atoms with Crippen LogP contribution >= 0.6 is 0 Å². The Balaban J connectivity index is 1.58. The number of hydrogen-bond donors (Lipinski definition) is 1. The van der Waals surface area contributed by atoms with E-state index >= 15 is 0 Å². The second-order valence-electron chi connectivity index (χ2n) is 11.3. The number of nitrogens with zero attached hydrogens (tertiary/aromatic N) is 2. The molecule has 0 saturated carbocycles. The summed E-state index contributed by atoms with van der Waals surface area (Å²) < 4.78 is 54.7. The molecule has 47 heavy (non-hydrogen) atoms. The first-order valence-electron chi connectivity index (χ1n) is 15.5. The first kappa shape index (κ1) is 33.5. The molecule has 0 aromatic heterocycles. The van der Waals surface area contributed by atoms with E-state index in [4.69, 9.17) is 9.47 Å². The minimum absolute atomic E-state index is 0.0110. The fourth-order valence-corrected chi connectivity index (χ4v) is 6.64. The van der Waals surface area contributed by atoms with E-state index in [-0.39, 0.29) is 35.5 Å². The largest absolute Gasteiger partial charge is 0.486 e. The Hall–Kier alpha value is -4.90. The molecule has 2 unspecified atom stereocenters. The van der Waals surface area contributed by atoms with E-state index in [2.05, 4.69) is 5.32 Å². The van der Waals surface area contributed by atoms with Gasteiger partial charge >= 0.3 is 0 Å². The number of nitrogens with one attached hydrogen (secondary N) is 1. The van der Waals surface area contributed by atoms with Crippen molar-refractivity contribution < 1.29 is 31.9 Å². The lowest BCUT2D eigenvalue weighted by atomic mass is 10.0. The van der Waals surface area contributed by atoms with E-state index < -0.39 is 34.3 Å². The van der Waals surface area contributed by atoms with Crippen LogP contribution in [-0.2, 0) is 32.6 Å². The van der Waals surface area contributed by atoms with Crippen LogP contribution in [0.15, 0.2) is 108 Å². The number of amides is 2. The number of fused-ring (bicyclic) bond motifs is 1. The van der Waals surface area contributed by atoms with E-state index in [0.29, 0.717) is 36.7 Å². The van der Waals surface area contributed by atoms with Crippen LogP contribution in [0.2, 0.25) is 0 Å². The van der Waals surface area contributed by atoms with Crippen LogP contribution in [0.3, 0.4) is 0 Å². The number of ether oxygens (including phenoxy) is 2. The Kier molecular flexibility index (Phi) is 10.8. The van der Waals surface area contributed by atoms with Crippen LogP contribution in [0.5, 0.6) is 11.5 Å². The molecule has 1 heterocycles. The zero-order valence-electron chi connectivity index (χ0n) is 26.3. The van der Waals surface area contributed by atoms with Gasteiger partial charge in [0.2, 0.25) is 11.8 Å². The van der Waals surface area contributed by atoms with E-state index in [1.807, 2.05) is 44.2 Å². The van der Waals surface area contributed by atoms with Crippen molar-refractivity contribution in [3.8, 4) is 11.5 Å². The number of hydrogen-bond acceptors (Lipinski definition) is 6. The van der Waals surface area contributed by atoms with Gasteiger partial charge in [0.25, 0.3) is 10.0 Å². The van der Waals surface area contributed by atoms with E-state index in [1.165, 1.54) is 35.2 Å². The highest BCUT2D eigenvalue weighted by atomic mass is 32.2. The Morgan fingerprint density at radius 2 is 1.49 bits per heavy atom. The molecule has 0 saturated heterocycles. The maximum absolute atomic E-state index is 14.6. The van der Waals surface area contributed by atoms with Crippen molar-refractivity contribution in [3.63, 3.8) is 0 Å². The molecule has 11 heteroatoms. The van der Waals surface area contributed by atoms with Gasteiger partial charge in [-0.2, -0.15) is 0 Å². The van der Waals surface area contributed by atoms with Gasteiger partial charge in [0.1, 0.15) is 31.6 Å². The smallest absolute Gasteiger partial charge is 0.264 e. The molecule has 1 N–H and O–H groups in total. The SMILES string of the molecule is CCC(C)NC(=O)C(Cc1ccccc1)N(Cc1ccc(F)cc1)C(=O)CN(c1ccc2c(c1)OCCO2)S(=O)(=O)c1ccccc1. The van der Waals surface area contributed by atoms with Crippen LogP contribution in [0.25, 0.3) is 0 Å². The molecule has 4 aromatic rings. The van der Waals surface area contributed by atoms with Crippen molar-refractivity contribution in [2.45, 2.75) is 50.2 Å². The first-order valence-corrected chi connectivity index (χ1v) is 17.0. The number of benzene rings is 4. The molecular formula is C36H38FN3O6S. The minimum Gasteiger partial charge on any atom is -0.486 e. The highest BCUT2D eigenvalue weighted by Gasteiger charge is 2.35. The lowest BCUT2D eigenvalue weighted by molar-refractivity contribution is -0.140. The second kappa shape index (κ2) is 15.1. The van der Waals surface area contributed by atoms with E-state index in [0.717, 1.165) is 9.87 Å². The van der Waals surface area contributed by atoms with Crippen LogP contribution in [0, 0.1) is 5.82 Å². The van der Waals surface area contributed by atoms with Crippen molar-refractivity contribution in [2.24, 2.45) is 0 Å². The molecule has 1 aliphatic rings. The van der Waals surface area contributed by atoms with Crippen LogP contribution in [0.4, 0.5) is 10.1 Å². The zero-order chi connectivity index (χ0) is 33.4. The van der Waals surface area contributed by atoms with Gasteiger partial charge in [-0.3, -0.25) is 13.9 Å².